The molecular weight excluding hydrogens is 506 g/mol. The first-order valence-corrected chi connectivity index (χ1v) is 13.6. The van der Waals surface area contributed by atoms with Gasteiger partial charge in [0.25, 0.3) is 5.91 Å². The smallest absolute Gasteiger partial charge is 0.253 e. The number of ether oxygens (including phenoxy) is 2. The second kappa shape index (κ2) is 10.6. The van der Waals surface area contributed by atoms with Gasteiger partial charge in [-0.2, -0.15) is 0 Å². The molecule has 0 aliphatic carbocycles. The van der Waals surface area contributed by atoms with E-state index in [-0.39, 0.29) is 18.6 Å². The van der Waals surface area contributed by atoms with E-state index in [4.69, 9.17) is 13.9 Å². The van der Waals surface area contributed by atoms with Gasteiger partial charge < -0.3 is 33.9 Å². The number of methoxy groups -OCH3 is 1. The van der Waals surface area contributed by atoms with Crippen molar-refractivity contribution in [3.8, 4) is 34.2 Å². The molecule has 3 aromatic heterocycles. The van der Waals surface area contributed by atoms with Gasteiger partial charge in [0.1, 0.15) is 0 Å². The molecule has 1 unspecified atom stereocenters. The first-order valence-electron chi connectivity index (χ1n) is 13.6. The Kier molecular flexibility index (Phi) is 6.86. The molecule has 6 rings (SSSR count). The maximum Gasteiger partial charge on any atom is 0.253 e. The van der Waals surface area contributed by atoms with E-state index in [1.54, 1.807) is 13.4 Å². The Balaban J connectivity index is 1.37. The van der Waals surface area contributed by atoms with Gasteiger partial charge in [-0.15, -0.1) is 0 Å². The number of fused-ring (bicyclic) bond motifs is 4. The summed E-state index contributed by atoms with van der Waals surface area (Å²) in [6.07, 6.45) is 4.79. The third-order valence-electron chi connectivity index (χ3n) is 7.43. The molecule has 1 aliphatic heterocycles. The molecule has 1 aliphatic rings. The summed E-state index contributed by atoms with van der Waals surface area (Å²) in [5.74, 6) is 1.71. The number of nitrogens with one attached hydrogen (secondary N) is 2. The summed E-state index contributed by atoms with van der Waals surface area (Å²) in [5, 5.41) is 14.4. The van der Waals surface area contributed by atoms with Crippen molar-refractivity contribution < 1.29 is 23.8 Å². The zero-order valence-corrected chi connectivity index (χ0v) is 22.9. The molecular formula is C32H33N3O5. The Morgan fingerprint density at radius 3 is 2.75 bits per heavy atom. The standard InChI is InChI=1S/C32H33N3O5/c1-19(2)40-30-16-24-20(14-29(30)38-3)10-11-35-27(24)15-25(31(35)28-9-6-12-39-28)32(37)34-22(18-36)13-21-17-33-26-8-5-4-7-23(21)26/h4-9,12,14-17,19,22,33,36H,10-11,13,18H2,1-3H3,(H,34,37). The fourth-order valence-corrected chi connectivity index (χ4v) is 5.63. The van der Waals surface area contributed by atoms with Crippen molar-refractivity contribution in [2.45, 2.75) is 45.4 Å². The van der Waals surface area contributed by atoms with Crippen molar-refractivity contribution >= 4 is 16.8 Å². The van der Waals surface area contributed by atoms with Gasteiger partial charge >= 0.3 is 0 Å². The van der Waals surface area contributed by atoms with Gasteiger partial charge in [0.2, 0.25) is 0 Å². The van der Waals surface area contributed by atoms with Crippen LogP contribution in [0.2, 0.25) is 0 Å². The molecule has 40 heavy (non-hydrogen) atoms. The van der Waals surface area contributed by atoms with E-state index in [0.29, 0.717) is 41.5 Å². The lowest BCUT2D eigenvalue weighted by molar-refractivity contribution is 0.0917. The molecule has 0 saturated carbocycles. The van der Waals surface area contributed by atoms with Crippen molar-refractivity contribution in [2.24, 2.45) is 0 Å². The fraction of sp³-hybridized carbons (Fsp3) is 0.281. The highest BCUT2D eigenvalue weighted by Crippen LogP contribution is 2.43. The molecule has 0 bridgehead atoms. The van der Waals surface area contributed by atoms with Crippen molar-refractivity contribution in [3.63, 3.8) is 0 Å². The minimum Gasteiger partial charge on any atom is -0.493 e. The fourth-order valence-electron chi connectivity index (χ4n) is 5.63. The summed E-state index contributed by atoms with van der Waals surface area (Å²) < 4.78 is 19.6. The summed E-state index contributed by atoms with van der Waals surface area (Å²) in [6, 6.07) is 17.2. The number of aryl methyl sites for hydroxylation is 1. The predicted octanol–water partition coefficient (Wildman–Crippen LogP) is 5.58. The van der Waals surface area contributed by atoms with Crippen LogP contribution in [0.1, 0.15) is 35.3 Å². The molecule has 2 aromatic carbocycles. The van der Waals surface area contributed by atoms with Gasteiger partial charge in [0.05, 0.1) is 43.4 Å². The van der Waals surface area contributed by atoms with Crippen LogP contribution in [0.3, 0.4) is 0 Å². The molecule has 206 valence electrons. The SMILES string of the molecule is COc1cc2c(cc1OC(C)C)-c1cc(C(=O)NC(CO)Cc3c[nH]c4ccccc34)c(-c3ccco3)n1CC2. The van der Waals surface area contributed by atoms with Crippen LogP contribution in [0.15, 0.2) is 71.5 Å². The van der Waals surface area contributed by atoms with Crippen LogP contribution in [0.5, 0.6) is 11.5 Å². The third kappa shape index (κ3) is 4.64. The van der Waals surface area contributed by atoms with Crippen molar-refractivity contribution in [2.75, 3.05) is 13.7 Å². The molecule has 0 spiro atoms. The van der Waals surface area contributed by atoms with Gasteiger partial charge in [-0.05, 0) is 74.2 Å². The molecule has 0 saturated heterocycles. The zero-order valence-electron chi connectivity index (χ0n) is 22.9. The van der Waals surface area contributed by atoms with Gasteiger partial charge in [-0.1, -0.05) is 18.2 Å². The number of rotatable bonds is 9. The molecule has 0 radical (unpaired) electrons. The van der Waals surface area contributed by atoms with E-state index >= 15 is 0 Å². The second-order valence-electron chi connectivity index (χ2n) is 10.4. The maximum absolute atomic E-state index is 13.8. The van der Waals surface area contributed by atoms with E-state index in [9.17, 15) is 9.90 Å². The highest BCUT2D eigenvalue weighted by molar-refractivity contribution is 6.02. The summed E-state index contributed by atoms with van der Waals surface area (Å²) in [7, 11) is 1.64. The number of benzene rings is 2. The topological polar surface area (TPSA) is 102 Å². The van der Waals surface area contributed by atoms with Crippen LogP contribution in [0, 0.1) is 0 Å². The number of furan rings is 1. The summed E-state index contributed by atoms with van der Waals surface area (Å²) in [5.41, 5.74) is 6.31. The lowest BCUT2D eigenvalue weighted by Gasteiger charge is -2.23. The molecule has 5 aromatic rings. The normalized spacial score (nSPS) is 13.2. The number of amides is 1. The Bertz CT molecular complexity index is 1660. The number of aromatic nitrogens is 2. The number of hydrogen-bond acceptors (Lipinski definition) is 5. The van der Waals surface area contributed by atoms with E-state index in [0.717, 1.165) is 39.7 Å². The van der Waals surface area contributed by atoms with Crippen molar-refractivity contribution in [1.29, 1.82) is 0 Å². The number of nitrogens with zero attached hydrogens (tertiary/aromatic N) is 1. The van der Waals surface area contributed by atoms with Crippen LogP contribution < -0.4 is 14.8 Å². The van der Waals surface area contributed by atoms with Crippen LogP contribution >= 0.6 is 0 Å². The molecule has 4 heterocycles. The average Bonchev–Trinajstić information content (AvgIpc) is 3.70. The lowest BCUT2D eigenvalue weighted by Crippen LogP contribution is -2.39. The van der Waals surface area contributed by atoms with E-state index in [1.807, 2.05) is 74.6 Å². The van der Waals surface area contributed by atoms with Gasteiger partial charge in [0, 0.05) is 34.9 Å². The molecule has 8 heteroatoms. The molecule has 1 atom stereocenters. The monoisotopic (exact) mass is 539 g/mol. The van der Waals surface area contributed by atoms with E-state index in [1.165, 1.54) is 0 Å². The largest absolute Gasteiger partial charge is 0.493 e. The maximum atomic E-state index is 13.8. The Labute approximate surface area is 232 Å². The molecule has 1 amide bonds. The number of para-hydroxylation sites is 1. The first kappa shape index (κ1) is 25.8. The molecule has 0 fully saturated rings. The summed E-state index contributed by atoms with van der Waals surface area (Å²) >= 11 is 0. The third-order valence-corrected chi connectivity index (χ3v) is 7.43. The zero-order chi connectivity index (χ0) is 27.8. The Morgan fingerprint density at radius 1 is 1.15 bits per heavy atom. The number of carbonyl (C=O) groups is 1. The van der Waals surface area contributed by atoms with E-state index in [2.05, 4.69) is 14.9 Å². The minimum atomic E-state index is -0.462. The Morgan fingerprint density at radius 2 is 2.00 bits per heavy atom. The van der Waals surface area contributed by atoms with Crippen LogP contribution in [0.25, 0.3) is 33.6 Å². The number of aromatic amines is 1. The van der Waals surface area contributed by atoms with Crippen molar-refractivity contribution in [3.05, 3.63) is 83.7 Å². The van der Waals surface area contributed by atoms with Crippen LogP contribution in [0.4, 0.5) is 0 Å². The number of hydrogen-bond donors (Lipinski definition) is 3. The Hall–Kier alpha value is -4.43. The second-order valence-corrected chi connectivity index (χ2v) is 10.4. The average molecular weight is 540 g/mol. The summed E-state index contributed by atoms with van der Waals surface area (Å²) in [4.78, 5) is 17.1. The van der Waals surface area contributed by atoms with Crippen molar-refractivity contribution in [1.82, 2.24) is 14.9 Å². The van der Waals surface area contributed by atoms with Gasteiger partial charge in [-0.25, -0.2) is 0 Å². The minimum absolute atomic E-state index is 0.0186. The highest BCUT2D eigenvalue weighted by Gasteiger charge is 2.29. The number of H-pyrrole nitrogens is 1. The molecule has 3 N–H and O–H groups in total. The predicted molar refractivity (Wildman–Crippen MR) is 154 cm³/mol. The van der Waals surface area contributed by atoms with Gasteiger partial charge in [0.15, 0.2) is 17.3 Å². The summed E-state index contributed by atoms with van der Waals surface area (Å²) in [6.45, 7) is 4.45. The number of aliphatic hydroxyl groups excluding tert-OH is 1. The first-order chi connectivity index (χ1) is 19.5. The van der Waals surface area contributed by atoms with Gasteiger partial charge in [-0.3, -0.25) is 4.79 Å². The van der Waals surface area contributed by atoms with Crippen LogP contribution in [-0.4, -0.2) is 46.4 Å². The molecule has 8 nitrogen and oxygen atoms in total. The number of carbonyl (C=O) groups excluding carboxylic acids is 1. The number of aliphatic hydroxyl groups is 1. The quantitative estimate of drug-likeness (QED) is 0.227. The highest BCUT2D eigenvalue weighted by atomic mass is 16.5. The lowest BCUT2D eigenvalue weighted by atomic mass is 9.97. The van der Waals surface area contributed by atoms with Crippen LogP contribution in [-0.2, 0) is 19.4 Å². The van der Waals surface area contributed by atoms with E-state index < -0.39 is 6.04 Å².